The van der Waals surface area contributed by atoms with Gasteiger partial charge in [0.15, 0.2) is 0 Å². The zero-order valence-corrected chi connectivity index (χ0v) is 10.3. The number of aryl methyl sites for hydroxylation is 1. The number of hydrogen-bond acceptors (Lipinski definition) is 1. The number of rotatable bonds is 2. The van der Waals surface area contributed by atoms with E-state index in [2.05, 4.69) is 24.9 Å². The molecule has 2 heteroatoms. The number of hydrogen-bond donors (Lipinski definition) is 0. The minimum absolute atomic E-state index is 0.655. The summed E-state index contributed by atoms with van der Waals surface area (Å²) in [5.41, 5.74) is 4.17. The van der Waals surface area contributed by atoms with Crippen molar-refractivity contribution >= 4 is 11.6 Å². The highest BCUT2D eigenvalue weighted by molar-refractivity contribution is 6.29. The average molecular weight is 224 g/mol. The number of fused-ring (bicyclic) bond motifs is 1. The first-order valence-electron chi connectivity index (χ1n) is 5.84. The Morgan fingerprint density at radius 2 is 2.07 bits per heavy atom. The van der Waals surface area contributed by atoms with Gasteiger partial charge in [-0.25, -0.2) is 4.98 Å². The summed E-state index contributed by atoms with van der Waals surface area (Å²) in [5, 5.41) is 0.672. The fourth-order valence-electron chi connectivity index (χ4n) is 2.35. The van der Waals surface area contributed by atoms with E-state index in [-0.39, 0.29) is 0 Å². The normalized spacial score (nSPS) is 15.5. The van der Waals surface area contributed by atoms with Crippen LogP contribution >= 0.6 is 11.6 Å². The maximum atomic E-state index is 6.05. The van der Waals surface area contributed by atoms with Crippen LogP contribution in [0.25, 0.3) is 0 Å². The van der Waals surface area contributed by atoms with Crippen molar-refractivity contribution in [3.63, 3.8) is 0 Å². The van der Waals surface area contributed by atoms with Crippen LogP contribution in [0.3, 0.4) is 0 Å². The van der Waals surface area contributed by atoms with Crippen molar-refractivity contribution in [2.75, 3.05) is 0 Å². The molecule has 0 atom stereocenters. The van der Waals surface area contributed by atoms with Crippen LogP contribution < -0.4 is 0 Å². The second kappa shape index (κ2) is 4.52. The molecule has 0 amide bonds. The first kappa shape index (κ1) is 10.9. The van der Waals surface area contributed by atoms with Crippen molar-refractivity contribution in [1.82, 2.24) is 4.98 Å². The summed E-state index contributed by atoms with van der Waals surface area (Å²) >= 11 is 6.05. The molecule has 1 aliphatic rings. The lowest BCUT2D eigenvalue weighted by atomic mass is 9.89. The standard InChI is InChI=1S/C13H18ClN/c1-9(2)7-12-11-6-4-3-5-10(11)8-13(14)15-12/h8-9H,3-7H2,1-2H3. The van der Waals surface area contributed by atoms with Gasteiger partial charge in [0.25, 0.3) is 0 Å². The Morgan fingerprint density at radius 3 is 2.80 bits per heavy atom. The summed E-state index contributed by atoms with van der Waals surface area (Å²) in [6.07, 6.45) is 6.04. The van der Waals surface area contributed by atoms with E-state index in [0.29, 0.717) is 11.1 Å². The largest absolute Gasteiger partial charge is 0.241 e. The maximum absolute atomic E-state index is 6.05. The van der Waals surface area contributed by atoms with E-state index in [1.807, 2.05) is 0 Å². The smallest absolute Gasteiger partial charge is 0.129 e. The van der Waals surface area contributed by atoms with E-state index in [4.69, 9.17) is 11.6 Å². The van der Waals surface area contributed by atoms with Gasteiger partial charge in [-0.05, 0) is 55.2 Å². The molecule has 0 fully saturated rings. The van der Waals surface area contributed by atoms with Crippen LogP contribution in [0, 0.1) is 5.92 Å². The highest BCUT2D eigenvalue weighted by atomic mass is 35.5. The van der Waals surface area contributed by atoms with Gasteiger partial charge < -0.3 is 0 Å². The van der Waals surface area contributed by atoms with Gasteiger partial charge in [0, 0.05) is 5.69 Å². The van der Waals surface area contributed by atoms with E-state index >= 15 is 0 Å². The molecule has 0 bridgehead atoms. The summed E-state index contributed by atoms with van der Waals surface area (Å²) in [6, 6.07) is 2.06. The summed E-state index contributed by atoms with van der Waals surface area (Å²) in [7, 11) is 0. The molecule has 1 aliphatic carbocycles. The molecule has 0 saturated heterocycles. The molecule has 0 spiro atoms. The van der Waals surface area contributed by atoms with Crippen molar-refractivity contribution in [2.45, 2.75) is 46.0 Å². The Bertz CT molecular complexity index is 358. The summed E-state index contributed by atoms with van der Waals surface area (Å²) < 4.78 is 0. The van der Waals surface area contributed by atoms with Gasteiger partial charge in [0.2, 0.25) is 0 Å². The van der Waals surface area contributed by atoms with Crippen LogP contribution in [0.1, 0.15) is 43.5 Å². The molecule has 0 radical (unpaired) electrons. The van der Waals surface area contributed by atoms with E-state index < -0.39 is 0 Å². The molecular formula is C13H18ClN. The SMILES string of the molecule is CC(C)Cc1nc(Cl)cc2c1CCCC2. The fourth-order valence-corrected chi connectivity index (χ4v) is 2.58. The fraction of sp³-hybridized carbons (Fsp3) is 0.615. The molecule has 0 unspecified atom stereocenters. The average Bonchev–Trinajstić information content (AvgIpc) is 2.16. The second-order valence-electron chi connectivity index (χ2n) is 4.83. The van der Waals surface area contributed by atoms with Crippen LogP contribution in [-0.2, 0) is 19.3 Å². The lowest BCUT2D eigenvalue weighted by Crippen LogP contribution is -2.10. The molecule has 1 aromatic rings. The van der Waals surface area contributed by atoms with Crippen molar-refractivity contribution in [2.24, 2.45) is 5.92 Å². The van der Waals surface area contributed by atoms with Gasteiger partial charge in [-0.3, -0.25) is 0 Å². The Labute approximate surface area is 96.9 Å². The van der Waals surface area contributed by atoms with Crippen LogP contribution in [0.15, 0.2) is 6.07 Å². The predicted octanol–water partition coefficient (Wildman–Crippen LogP) is 3.81. The van der Waals surface area contributed by atoms with Gasteiger partial charge in [-0.2, -0.15) is 0 Å². The second-order valence-corrected chi connectivity index (χ2v) is 5.22. The molecule has 82 valence electrons. The van der Waals surface area contributed by atoms with Crippen molar-refractivity contribution in [1.29, 1.82) is 0 Å². The Balaban J connectivity index is 2.38. The number of aromatic nitrogens is 1. The molecule has 1 nitrogen and oxygen atoms in total. The van der Waals surface area contributed by atoms with E-state index in [9.17, 15) is 0 Å². The first-order valence-corrected chi connectivity index (χ1v) is 6.22. The van der Waals surface area contributed by atoms with Crippen LogP contribution in [0.5, 0.6) is 0 Å². The lowest BCUT2D eigenvalue weighted by Gasteiger charge is -2.19. The van der Waals surface area contributed by atoms with E-state index in [1.165, 1.54) is 42.5 Å². The molecule has 0 saturated carbocycles. The highest BCUT2D eigenvalue weighted by Crippen LogP contribution is 2.27. The number of halogens is 1. The summed E-state index contributed by atoms with van der Waals surface area (Å²) in [5.74, 6) is 0.655. The Hall–Kier alpha value is -0.560. The molecule has 0 N–H and O–H groups in total. The number of pyridine rings is 1. The third-order valence-corrected chi connectivity index (χ3v) is 3.19. The van der Waals surface area contributed by atoms with Crippen LogP contribution in [0.4, 0.5) is 0 Å². The van der Waals surface area contributed by atoms with Gasteiger partial charge in [0.05, 0.1) is 0 Å². The predicted molar refractivity (Wildman–Crippen MR) is 64.4 cm³/mol. The lowest BCUT2D eigenvalue weighted by molar-refractivity contribution is 0.611. The topological polar surface area (TPSA) is 12.9 Å². The molecule has 0 aromatic carbocycles. The van der Waals surface area contributed by atoms with Crippen molar-refractivity contribution in [3.05, 3.63) is 28.0 Å². The monoisotopic (exact) mass is 223 g/mol. The molecular weight excluding hydrogens is 206 g/mol. The van der Waals surface area contributed by atoms with E-state index in [0.717, 1.165) is 6.42 Å². The van der Waals surface area contributed by atoms with Crippen LogP contribution in [0.2, 0.25) is 5.15 Å². The number of nitrogens with zero attached hydrogens (tertiary/aromatic N) is 1. The zero-order chi connectivity index (χ0) is 10.8. The molecule has 2 rings (SSSR count). The van der Waals surface area contributed by atoms with Crippen molar-refractivity contribution < 1.29 is 0 Å². The van der Waals surface area contributed by atoms with Crippen LogP contribution in [-0.4, -0.2) is 4.98 Å². The highest BCUT2D eigenvalue weighted by Gasteiger charge is 2.16. The third-order valence-electron chi connectivity index (χ3n) is 3.00. The summed E-state index contributed by atoms with van der Waals surface area (Å²) in [6.45, 7) is 4.47. The quantitative estimate of drug-likeness (QED) is 0.695. The van der Waals surface area contributed by atoms with Gasteiger partial charge in [-0.1, -0.05) is 25.4 Å². The minimum atomic E-state index is 0.655. The Kier molecular flexibility index (Phi) is 3.30. The van der Waals surface area contributed by atoms with Gasteiger partial charge in [-0.15, -0.1) is 0 Å². The zero-order valence-electron chi connectivity index (χ0n) is 9.52. The van der Waals surface area contributed by atoms with E-state index in [1.54, 1.807) is 0 Å². The minimum Gasteiger partial charge on any atom is -0.241 e. The Morgan fingerprint density at radius 1 is 1.33 bits per heavy atom. The molecule has 0 aliphatic heterocycles. The maximum Gasteiger partial charge on any atom is 0.129 e. The molecule has 1 heterocycles. The van der Waals surface area contributed by atoms with Gasteiger partial charge in [0.1, 0.15) is 5.15 Å². The molecule has 15 heavy (non-hydrogen) atoms. The third kappa shape index (κ3) is 2.52. The summed E-state index contributed by atoms with van der Waals surface area (Å²) in [4.78, 5) is 4.49. The van der Waals surface area contributed by atoms with Gasteiger partial charge >= 0.3 is 0 Å². The molecule has 1 aromatic heterocycles. The first-order chi connectivity index (χ1) is 7.16. The van der Waals surface area contributed by atoms with Crippen molar-refractivity contribution in [3.8, 4) is 0 Å².